The van der Waals surface area contributed by atoms with Crippen LogP contribution in [0.4, 0.5) is 0 Å². The first-order chi connectivity index (χ1) is 13.1. The minimum Gasteiger partial charge on any atom is -0.298 e. The van der Waals surface area contributed by atoms with Crippen LogP contribution < -0.4 is 0 Å². The molecule has 4 saturated carbocycles. The minimum atomic E-state index is 0.146. The number of carbonyl (C=O) groups excluding carboxylic acids is 1. The van der Waals surface area contributed by atoms with Gasteiger partial charge in [0.15, 0.2) is 0 Å². The molecule has 0 N–H and O–H groups in total. The summed E-state index contributed by atoms with van der Waals surface area (Å²) in [4.78, 5) is 13.4. The lowest BCUT2D eigenvalue weighted by Crippen LogP contribution is -2.59. The number of hydrogen-bond donors (Lipinski definition) is 0. The first kappa shape index (κ1) is 20.0. The topological polar surface area (TPSA) is 17.1 Å². The molecule has 2 spiro atoms. The second-order valence-electron chi connectivity index (χ2n) is 11.2. The lowest BCUT2D eigenvalue weighted by atomic mass is 9.42. The average molecular weight is 373 g/mol. The monoisotopic (exact) mass is 372 g/mol. The Morgan fingerprint density at radius 1 is 0.741 bits per heavy atom. The summed E-state index contributed by atoms with van der Waals surface area (Å²) < 4.78 is 0. The van der Waals surface area contributed by atoms with E-state index >= 15 is 0 Å². The van der Waals surface area contributed by atoms with Crippen molar-refractivity contribution in [2.45, 2.75) is 123 Å². The zero-order valence-corrected chi connectivity index (χ0v) is 18.2. The molecular formula is C26H44O. The Labute approximate surface area is 168 Å². The van der Waals surface area contributed by atoms with E-state index in [-0.39, 0.29) is 10.8 Å². The van der Waals surface area contributed by atoms with Crippen molar-refractivity contribution in [3.8, 4) is 0 Å². The molecule has 1 heteroatoms. The van der Waals surface area contributed by atoms with Crippen LogP contribution in [0.25, 0.3) is 0 Å². The summed E-state index contributed by atoms with van der Waals surface area (Å²) in [6.07, 6.45) is 23.0. The van der Waals surface area contributed by atoms with Crippen LogP contribution in [0.5, 0.6) is 0 Å². The van der Waals surface area contributed by atoms with Crippen LogP contribution >= 0.6 is 0 Å². The zero-order chi connectivity index (χ0) is 18.9. The zero-order valence-electron chi connectivity index (χ0n) is 18.2. The van der Waals surface area contributed by atoms with Gasteiger partial charge in [-0.05, 0) is 94.3 Å². The van der Waals surface area contributed by atoms with Crippen molar-refractivity contribution in [1.82, 2.24) is 0 Å². The molecule has 0 aliphatic heterocycles. The van der Waals surface area contributed by atoms with E-state index in [1.807, 2.05) is 0 Å². The predicted octanol–water partition coefficient (Wildman–Crippen LogP) is 7.72. The van der Waals surface area contributed by atoms with Crippen LogP contribution in [0.2, 0.25) is 0 Å². The molecule has 154 valence electrons. The quantitative estimate of drug-likeness (QED) is 0.483. The number of unbranched alkanes of at least 4 members (excludes halogenated alkanes) is 1. The predicted molar refractivity (Wildman–Crippen MR) is 114 cm³/mol. The van der Waals surface area contributed by atoms with Crippen LogP contribution in [0.15, 0.2) is 0 Å². The molecular weight excluding hydrogens is 328 g/mol. The molecule has 1 nitrogen and oxygen atoms in total. The first-order valence-corrected chi connectivity index (χ1v) is 12.7. The number of carbonyl (C=O) groups is 1. The van der Waals surface area contributed by atoms with Gasteiger partial charge in [-0.15, -0.1) is 0 Å². The molecule has 4 rings (SSSR count). The molecule has 0 heterocycles. The highest BCUT2D eigenvalue weighted by molar-refractivity contribution is 5.96. The van der Waals surface area contributed by atoms with Crippen LogP contribution in [0.1, 0.15) is 123 Å². The fourth-order valence-corrected chi connectivity index (χ4v) is 7.82. The molecule has 0 atom stereocenters. The van der Waals surface area contributed by atoms with Gasteiger partial charge < -0.3 is 0 Å². The molecule has 0 saturated heterocycles. The Bertz CT molecular complexity index is 496. The van der Waals surface area contributed by atoms with E-state index in [1.54, 1.807) is 0 Å². The Morgan fingerprint density at radius 2 is 1.30 bits per heavy atom. The maximum atomic E-state index is 13.4. The Morgan fingerprint density at radius 3 is 1.81 bits per heavy atom. The van der Waals surface area contributed by atoms with Crippen molar-refractivity contribution in [2.75, 3.05) is 0 Å². The number of rotatable bonds is 5. The van der Waals surface area contributed by atoms with Crippen LogP contribution in [0, 0.1) is 34.5 Å². The van der Waals surface area contributed by atoms with E-state index in [1.165, 1.54) is 109 Å². The average Bonchev–Trinajstić information content (AvgIpc) is 2.73. The third kappa shape index (κ3) is 3.78. The first-order valence-electron chi connectivity index (χ1n) is 12.7. The minimum absolute atomic E-state index is 0.146. The lowest BCUT2D eigenvalue weighted by molar-refractivity contribution is -0.169. The van der Waals surface area contributed by atoms with E-state index in [0.717, 1.165) is 29.5 Å². The maximum Gasteiger partial charge on any atom is 0.145 e. The third-order valence-electron chi connectivity index (χ3n) is 9.79. The second kappa shape index (κ2) is 8.19. The Hall–Kier alpha value is -0.330. The van der Waals surface area contributed by atoms with Gasteiger partial charge in [0.2, 0.25) is 0 Å². The van der Waals surface area contributed by atoms with Gasteiger partial charge in [-0.2, -0.15) is 0 Å². The molecule has 0 amide bonds. The molecule has 0 bridgehead atoms. The highest BCUT2D eigenvalue weighted by Gasteiger charge is 2.63. The van der Waals surface area contributed by atoms with E-state index in [4.69, 9.17) is 0 Å². The molecule has 27 heavy (non-hydrogen) atoms. The van der Waals surface area contributed by atoms with Crippen molar-refractivity contribution in [2.24, 2.45) is 34.5 Å². The fraction of sp³-hybridized carbons (Fsp3) is 0.962. The van der Waals surface area contributed by atoms with Gasteiger partial charge in [-0.3, -0.25) is 4.79 Å². The molecule has 0 radical (unpaired) electrons. The smallest absolute Gasteiger partial charge is 0.145 e. The van der Waals surface area contributed by atoms with E-state index < -0.39 is 0 Å². The van der Waals surface area contributed by atoms with Crippen molar-refractivity contribution in [1.29, 1.82) is 0 Å². The van der Waals surface area contributed by atoms with Crippen LogP contribution in [0.3, 0.4) is 0 Å². The third-order valence-corrected chi connectivity index (χ3v) is 9.79. The standard InChI is InChI=1S/C26H44O/c1-3-5-6-21-11-15-25(16-12-21)19-26(24(25)27)17-13-23(14-18-26)22-9-7-20(4-2)8-10-22/h20-23H,3-19H2,1-2H3. The number of ketones is 1. The summed E-state index contributed by atoms with van der Waals surface area (Å²) in [5, 5.41) is 0. The molecule has 4 aliphatic rings. The molecule has 4 aliphatic carbocycles. The normalized spacial score (nSPS) is 45.2. The van der Waals surface area contributed by atoms with Crippen molar-refractivity contribution in [3.05, 3.63) is 0 Å². The largest absolute Gasteiger partial charge is 0.298 e. The summed E-state index contributed by atoms with van der Waals surface area (Å²) in [7, 11) is 0. The number of hydrogen-bond acceptors (Lipinski definition) is 1. The summed E-state index contributed by atoms with van der Waals surface area (Å²) in [5.41, 5.74) is 0.294. The van der Waals surface area contributed by atoms with Gasteiger partial charge in [0.05, 0.1) is 0 Å². The number of Topliss-reactive ketones (excluding diaryl/α,β-unsaturated/α-hetero) is 1. The van der Waals surface area contributed by atoms with Gasteiger partial charge in [0.25, 0.3) is 0 Å². The molecule has 0 aromatic carbocycles. The van der Waals surface area contributed by atoms with Gasteiger partial charge >= 0.3 is 0 Å². The fourth-order valence-electron chi connectivity index (χ4n) is 7.82. The maximum absolute atomic E-state index is 13.4. The molecule has 4 fully saturated rings. The molecule has 0 aromatic heterocycles. The summed E-state index contributed by atoms with van der Waals surface area (Å²) in [6, 6.07) is 0. The van der Waals surface area contributed by atoms with E-state index in [9.17, 15) is 4.79 Å². The Balaban J connectivity index is 1.25. The van der Waals surface area contributed by atoms with Gasteiger partial charge in [-0.25, -0.2) is 0 Å². The molecule has 0 unspecified atom stereocenters. The van der Waals surface area contributed by atoms with Crippen molar-refractivity contribution < 1.29 is 4.79 Å². The highest BCUT2D eigenvalue weighted by atomic mass is 16.1. The highest BCUT2D eigenvalue weighted by Crippen LogP contribution is 2.64. The SMILES string of the molecule is CCCCC1CCC2(CC1)CC1(CCC(C3CCC(CC)CC3)CC1)C2=O. The summed E-state index contributed by atoms with van der Waals surface area (Å²) in [6.45, 7) is 4.67. The molecule has 0 aromatic rings. The van der Waals surface area contributed by atoms with Gasteiger partial charge in [0, 0.05) is 10.8 Å². The van der Waals surface area contributed by atoms with Crippen molar-refractivity contribution in [3.63, 3.8) is 0 Å². The van der Waals surface area contributed by atoms with Crippen LogP contribution in [-0.2, 0) is 4.79 Å². The Kier molecular flexibility index (Phi) is 6.06. The summed E-state index contributed by atoms with van der Waals surface area (Å²) in [5.74, 6) is 4.61. The van der Waals surface area contributed by atoms with Gasteiger partial charge in [-0.1, -0.05) is 52.4 Å². The van der Waals surface area contributed by atoms with Gasteiger partial charge in [0.1, 0.15) is 5.78 Å². The lowest BCUT2D eigenvalue weighted by Gasteiger charge is -2.59. The van der Waals surface area contributed by atoms with Crippen molar-refractivity contribution >= 4 is 5.78 Å². The van der Waals surface area contributed by atoms with E-state index in [2.05, 4.69) is 13.8 Å². The van der Waals surface area contributed by atoms with Crippen LogP contribution in [-0.4, -0.2) is 5.78 Å². The second-order valence-corrected chi connectivity index (χ2v) is 11.2. The van der Waals surface area contributed by atoms with E-state index in [0.29, 0.717) is 0 Å². The summed E-state index contributed by atoms with van der Waals surface area (Å²) >= 11 is 0.